The van der Waals surface area contributed by atoms with Crippen LogP contribution in [0.15, 0.2) is 11.2 Å². The molecule has 1 aromatic heterocycles. The van der Waals surface area contributed by atoms with Crippen LogP contribution in [0, 0.1) is 0 Å². The van der Waals surface area contributed by atoms with Crippen molar-refractivity contribution in [1.82, 2.24) is 19.6 Å². The first-order chi connectivity index (χ1) is 8.57. The third-order valence-corrected chi connectivity index (χ3v) is 5.23. The Bertz CT molecular complexity index is 489. The van der Waals surface area contributed by atoms with Gasteiger partial charge in [0.15, 0.2) is 5.03 Å². The zero-order valence-electron chi connectivity index (χ0n) is 10.8. The van der Waals surface area contributed by atoms with Gasteiger partial charge in [0.05, 0.1) is 6.20 Å². The van der Waals surface area contributed by atoms with Gasteiger partial charge in [0.25, 0.3) is 10.0 Å². The van der Waals surface area contributed by atoms with Crippen molar-refractivity contribution in [2.24, 2.45) is 0 Å². The smallest absolute Gasteiger partial charge is 0.260 e. The number of hydrogen-bond acceptors (Lipinski definition) is 4. The molecule has 0 amide bonds. The summed E-state index contributed by atoms with van der Waals surface area (Å²) in [4.78, 5) is 6.92. The molecule has 2 rings (SSSR count). The summed E-state index contributed by atoms with van der Waals surface area (Å²) in [6.45, 7) is 3.07. The standard InChI is InChI=1S/C11H20N4O2S/c1-3-10-13-8-11(14-10)18(16,17)15-6-4-9(12-2)5-7-15/h8-9,12H,3-7H2,1-2H3,(H,13,14). The fourth-order valence-electron chi connectivity index (χ4n) is 2.18. The van der Waals surface area contributed by atoms with Crippen LogP contribution in [0.1, 0.15) is 25.6 Å². The van der Waals surface area contributed by atoms with Gasteiger partial charge in [-0.2, -0.15) is 4.31 Å². The molecule has 7 heteroatoms. The van der Waals surface area contributed by atoms with Crippen LogP contribution in [0.3, 0.4) is 0 Å². The van der Waals surface area contributed by atoms with E-state index in [0.29, 0.717) is 31.4 Å². The van der Waals surface area contributed by atoms with Crippen LogP contribution in [-0.2, 0) is 16.4 Å². The van der Waals surface area contributed by atoms with Crippen LogP contribution in [0.5, 0.6) is 0 Å². The molecule has 102 valence electrons. The lowest BCUT2D eigenvalue weighted by Crippen LogP contribution is -2.43. The quantitative estimate of drug-likeness (QED) is 0.829. The Kier molecular flexibility index (Phi) is 4.04. The molecule has 0 spiro atoms. The Labute approximate surface area is 108 Å². The fraction of sp³-hybridized carbons (Fsp3) is 0.727. The summed E-state index contributed by atoms with van der Waals surface area (Å²) >= 11 is 0. The summed E-state index contributed by atoms with van der Waals surface area (Å²) in [6.07, 6.45) is 3.82. The van der Waals surface area contributed by atoms with E-state index in [1.165, 1.54) is 10.5 Å². The number of aromatic nitrogens is 2. The lowest BCUT2D eigenvalue weighted by atomic mass is 10.1. The largest absolute Gasteiger partial charge is 0.332 e. The molecule has 0 radical (unpaired) electrons. The molecule has 2 N–H and O–H groups in total. The maximum atomic E-state index is 12.3. The minimum absolute atomic E-state index is 0.210. The van der Waals surface area contributed by atoms with E-state index < -0.39 is 10.0 Å². The normalized spacial score (nSPS) is 19.2. The van der Waals surface area contributed by atoms with Crippen LogP contribution >= 0.6 is 0 Å². The van der Waals surface area contributed by atoms with Gasteiger partial charge in [-0.15, -0.1) is 0 Å². The Morgan fingerprint density at radius 1 is 1.50 bits per heavy atom. The van der Waals surface area contributed by atoms with E-state index in [2.05, 4.69) is 15.3 Å². The van der Waals surface area contributed by atoms with Gasteiger partial charge in [0, 0.05) is 25.6 Å². The minimum atomic E-state index is -3.40. The van der Waals surface area contributed by atoms with Gasteiger partial charge < -0.3 is 10.3 Å². The van der Waals surface area contributed by atoms with Crippen molar-refractivity contribution in [3.8, 4) is 0 Å². The first kappa shape index (κ1) is 13.5. The molecular weight excluding hydrogens is 252 g/mol. The van der Waals surface area contributed by atoms with Crippen molar-refractivity contribution in [1.29, 1.82) is 0 Å². The van der Waals surface area contributed by atoms with Crippen LogP contribution in [0.4, 0.5) is 0 Å². The van der Waals surface area contributed by atoms with Crippen LogP contribution in [-0.4, -0.2) is 48.9 Å². The highest BCUT2D eigenvalue weighted by molar-refractivity contribution is 7.89. The van der Waals surface area contributed by atoms with Crippen LogP contribution in [0.25, 0.3) is 0 Å². The molecule has 0 aliphatic carbocycles. The molecule has 1 fully saturated rings. The highest BCUT2D eigenvalue weighted by Gasteiger charge is 2.30. The van der Waals surface area contributed by atoms with E-state index in [4.69, 9.17) is 0 Å². The number of nitrogens with zero attached hydrogens (tertiary/aromatic N) is 2. The van der Waals surface area contributed by atoms with Crippen LogP contribution < -0.4 is 5.32 Å². The summed E-state index contributed by atoms with van der Waals surface area (Å²) in [5.41, 5.74) is 0. The van der Waals surface area contributed by atoms with E-state index in [-0.39, 0.29) is 5.03 Å². The van der Waals surface area contributed by atoms with Crippen LogP contribution in [0.2, 0.25) is 0 Å². The van der Waals surface area contributed by atoms with Gasteiger partial charge >= 0.3 is 0 Å². The molecule has 18 heavy (non-hydrogen) atoms. The van der Waals surface area contributed by atoms with Gasteiger partial charge in [-0.05, 0) is 19.9 Å². The van der Waals surface area contributed by atoms with Crippen molar-refractivity contribution >= 4 is 10.0 Å². The van der Waals surface area contributed by atoms with E-state index in [1.54, 1.807) is 0 Å². The van der Waals surface area contributed by atoms with Crippen molar-refractivity contribution in [2.75, 3.05) is 20.1 Å². The second kappa shape index (κ2) is 5.38. The second-order valence-corrected chi connectivity index (χ2v) is 6.42. The number of piperidine rings is 1. The highest BCUT2D eigenvalue weighted by Crippen LogP contribution is 2.19. The van der Waals surface area contributed by atoms with Gasteiger partial charge in [0.1, 0.15) is 5.82 Å². The minimum Gasteiger partial charge on any atom is -0.332 e. The third-order valence-electron chi connectivity index (χ3n) is 3.42. The summed E-state index contributed by atoms with van der Waals surface area (Å²) in [5.74, 6) is 0.707. The molecule has 1 aromatic rings. The number of hydrogen-bond donors (Lipinski definition) is 2. The molecule has 0 atom stereocenters. The first-order valence-corrected chi connectivity index (χ1v) is 7.73. The SMILES string of the molecule is CCc1ncc(S(=O)(=O)N2CCC(NC)CC2)[nH]1. The van der Waals surface area contributed by atoms with Gasteiger partial charge in [-0.1, -0.05) is 6.92 Å². The van der Waals surface area contributed by atoms with Crippen molar-refractivity contribution < 1.29 is 8.42 Å². The summed E-state index contributed by atoms with van der Waals surface area (Å²) < 4.78 is 26.2. The lowest BCUT2D eigenvalue weighted by molar-refractivity contribution is 0.298. The van der Waals surface area contributed by atoms with E-state index >= 15 is 0 Å². The molecule has 1 aliphatic rings. The van der Waals surface area contributed by atoms with Crippen molar-refractivity contribution in [3.05, 3.63) is 12.0 Å². The molecular formula is C11H20N4O2S. The average molecular weight is 272 g/mol. The summed E-state index contributed by atoms with van der Waals surface area (Å²) in [7, 11) is -1.48. The molecule has 6 nitrogen and oxygen atoms in total. The Morgan fingerprint density at radius 2 is 2.17 bits per heavy atom. The average Bonchev–Trinajstić information content (AvgIpc) is 2.88. The molecule has 0 aromatic carbocycles. The molecule has 1 saturated heterocycles. The monoisotopic (exact) mass is 272 g/mol. The number of sulfonamides is 1. The number of nitrogens with one attached hydrogen (secondary N) is 2. The highest BCUT2D eigenvalue weighted by atomic mass is 32.2. The van der Waals surface area contributed by atoms with E-state index in [0.717, 1.165) is 12.8 Å². The zero-order valence-corrected chi connectivity index (χ0v) is 11.6. The Hall–Kier alpha value is -0.920. The Morgan fingerprint density at radius 3 is 2.67 bits per heavy atom. The summed E-state index contributed by atoms with van der Waals surface area (Å²) in [6, 6.07) is 0.421. The molecule has 0 bridgehead atoms. The second-order valence-electron chi connectivity index (χ2n) is 4.51. The third kappa shape index (κ3) is 2.57. The molecule has 2 heterocycles. The number of imidazole rings is 1. The van der Waals surface area contributed by atoms with Gasteiger partial charge in [0.2, 0.25) is 0 Å². The Balaban J connectivity index is 2.12. The number of rotatable bonds is 4. The molecule has 0 saturated carbocycles. The van der Waals surface area contributed by atoms with Gasteiger partial charge in [-0.25, -0.2) is 13.4 Å². The predicted octanol–water partition coefficient (Wildman–Crippen LogP) is 0.345. The molecule has 0 unspecified atom stereocenters. The fourth-order valence-corrected chi connectivity index (χ4v) is 3.58. The van der Waals surface area contributed by atoms with Crippen molar-refractivity contribution in [3.63, 3.8) is 0 Å². The predicted molar refractivity (Wildman–Crippen MR) is 68.8 cm³/mol. The topological polar surface area (TPSA) is 78.1 Å². The lowest BCUT2D eigenvalue weighted by Gasteiger charge is -2.30. The van der Waals surface area contributed by atoms with E-state index in [9.17, 15) is 8.42 Å². The number of aromatic amines is 1. The van der Waals surface area contributed by atoms with Crippen molar-refractivity contribution in [2.45, 2.75) is 37.3 Å². The zero-order chi connectivity index (χ0) is 13.2. The van der Waals surface area contributed by atoms with Gasteiger partial charge in [-0.3, -0.25) is 0 Å². The first-order valence-electron chi connectivity index (χ1n) is 6.29. The molecule has 1 aliphatic heterocycles. The maximum Gasteiger partial charge on any atom is 0.260 e. The van der Waals surface area contributed by atoms with E-state index in [1.807, 2.05) is 14.0 Å². The summed E-state index contributed by atoms with van der Waals surface area (Å²) in [5, 5.41) is 3.40. The number of H-pyrrole nitrogens is 1. The number of aryl methyl sites for hydroxylation is 1. The maximum absolute atomic E-state index is 12.3.